The predicted molar refractivity (Wildman–Crippen MR) is 26.2 cm³/mol. The third-order valence-electron chi connectivity index (χ3n) is 0.333. The molecule has 1 heteroatoms. The van der Waals surface area contributed by atoms with Gasteiger partial charge in [0, 0.05) is 11.0 Å². The largest absolute Gasteiger partial charge is 0.0919 e. The zero-order valence-electron chi connectivity index (χ0n) is 3.65. The fourth-order valence-electron chi connectivity index (χ4n) is 0. The Labute approximate surface area is 37.9 Å². The summed E-state index contributed by atoms with van der Waals surface area (Å²) in [5, 5.41) is 0. The highest BCUT2D eigenvalue weighted by atomic mass is 28.1. The van der Waals surface area contributed by atoms with Crippen LogP contribution in [0.5, 0.6) is 0 Å². The monoisotopic (exact) mass is 84.0 g/mol. The molecule has 0 aromatic rings. The van der Waals surface area contributed by atoms with Crippen LogP contribution in [0.4, 0.5) is 0 Å². The van der Waals surface area contributed by atoms with Gasteiger partial charge in [-0.1, -0.05) is 12.2 Å². The van der Waals surface area contributed by atoms with Gasteiger partial charge < -0.3 is 0 Å². The predicted octanol–water partition coefficient (Wildman–Crippen LogP) is 1.20. The topological polar surface area (TPSA) is 0 Å². The third kappa shape index (κ3) is 16.5. The first-order valence-electron chi connectivity index (χ1n) is 1.49. The van der Waals surface area contributed by atoms with E-state index < -0.39 is 0 Å². The Morgan fingerprint density at radius 2 is 1.20 bits per heavy atom. The smallest absolute Gasteiger partial charge is 0 e. The molecule has 4 radical (unpaired) electrons. The highest BCUT2D eigenvalue weighted by Crippen LogP contribution is 1.57. The fraction of sp³-hybridized carbons (Fsp3) is 0.500. The van der Waals surface area contributed by atoms with E-state index in [2.05, 4.69) is 0 Å². The Hall–Kier alpha value is -0.0431. The lowest BCUT2D eigenvalue weighted by atomic mass is 10.6. The van der Waals surface area contributed by atoms with Crippen molar-refractivity contribution in [2.45, 2.75) is 13.8 Å². The molecule has 28 valence electrons. The standard InChI is InChI=1S/C4H8.Si/c1-3-4-2;/h3-4H,1-2H3;. The molecule has 0 fully saturated rings. The fourth-order valence-corrected chi connectivity index (χ4v) is 0. The first-order chi connectivity index (χ1) is 1.91. The maximum atomic E-state index is 2.00. The van der Waals surface area contributed by atoms with Crippen LogP contribution in [0, 0.1) is 0 Å². The molecule has 0 aliphatic heterocycles. The molecular formula is C4H8Si. The summed E-state index contributed by atoms with van der Waals surface area (Å²) in [4.78, 5) is 0. The molecule has 0 saturated carbocycles. The van der Waals surface area contributed by atoms with E-state index in [9.17, 15) is 0 Å². The van der Waals surface area contributed by atoms with Gasteiger partial charge in [-0.2, -0.15) is 0 Å². The van der Waals surface area contributed by atoms with E-state index in [1.807, 2.05) is 26.0 Å². The molecule has 0 atom stereocenters. The van der Waals surface area contributed by atoms with Crippen molar-refractivity contribution in [3.63, 3.8) is 0 Å². The molecular weight excluding hydrogens is 76.1 g/mol. The van der Waals surface area contributed by atoms with Gasteiger partial charge in [0.1, 0.15) is 0 Å². The van der Waals surface area contributed by atoms with E-state index >= 15 is 0 Å². The Morgan fingerprint density at radius 1 is 1.00 bits per heavy atom. The Kier molecular flexibility index (Phi) is 16.0. The highest BCUT2D eigenvalue weighted by molar-refractivity contribution is 5.75. The van der Waals surface area contributed by atoms with Crippen LogP contribution in [0.3, 0.4) is 0 Å². The molecule has 0 nitrogen and oxygen atoms in total. The van der Waals surface area contributed by atoms with Gasteiger partial charge in [-0.25, -0.2) is 0 Å². The Balaban J connectivity index is 0. The average molecular weight is 84.2 g/mol. The van der Waals surface area contributed by atoms with Gasteiger partial charge in [-0.15, -0.1) is 0 Å². The van der Waals surface area contributed by atoms with Crippen molar-refractivity contribution in [1.29, 1.82) is 0 Å². The second kappa shape index (κ2) is 9.03. The summed E-state index contributed by atoms with van der Waals surface area (Å²) < 4.78 is 0. The van der Waals surface area contributed by atoms with Crippen LogP contribution in [0.1, 0.15) is 13.8 Å². The zero-order chi connectivity index (χ0) is 3.41. The molecule has 0 aromatic carbocycles. The van der Waals surface area contributed by atoms with E-state index in [0.29, 0.717) is 0 Å². The maximum absolute atomic E-state index is 2.00. The molecule has 0 aliphatic rings. The van der Waals surface area contributed by atoms with Crippen LogP contribution in [0.25, 0.3) is 0 Å². The zero-order valence-corrected chi connectivity index (χ0v) is 4.65. The average Bonchev–Trinajstić information content (AvgIpc) is 1.37. The molecule has 5 heavy (non-hydrogen) atoms. The Morgan fingerprint density at radius 3 is 1.20 bits per heavy atom. The normalized spacial score (nSPS) is 7.60. The maximum Gasteiger partial charge on any atom is 0 e. The summed E-state index contributed by atoms with van der Waals surface area (Å²) in [5.41, 5.74) is 0. The minimum absolute atomic E-state index is 0. The summed E-state index contributed by atoms with van der Waals surface area (Å²) in [6.07, 6.45) is 4.00. The lowest BCUT2D eigenvalue weighted by Crippen LogP contribution is -1.26. The van der Waals surface area contributed by atoms with Crippen molar-refractivity contribution in [3.8, 4) is 0 Å². The van der Waals surface area contributed by atoms with Gasteiger partial charge in [-0.05, 0) is 13.8 Å². The van der Waals surface area contributed by atoms with Gasteiger partial charge >= 0.3 is 0 Å². The summed E-state index contributed by atoms with van der Waals surface area (Å²) in [6.45, 7) is 4.00. The number of hydrogen-bond acceptors (Lipinski definition) is 0. The van der Waals surface area contributed by atoms with Crippen LogP contribution in [-0.2, 0) is 0 Å². The lowest BCUT2D eigenvalue weighted by molar-refractivity contribution is 1.64. The second-order valence-electron chi connectivity index (χ2n) is 0.667. The van der Waals surface area contributed by atoms with Gasteiger partial charge in [0.15, 0.2) is 0 Å². The summed E-state index contributed by atoms with van der Waals surface area (Å²) >= 11 is 0. The molecule has 0 rings (SSSR count). The summed E-state index contributed by atoms with van der Waals surface area (Å²) in [6, 6.07) is 0. The van der Waals surface area contributed by atoms with Gasteiger partial charge in [0.2, 0.25) is 0 Å². The first kappa shape index (κ1) is 8.88. The molecule has 0 spiro atoms. The lowest BCUT2D eigenvalue weighted by Gasteiger charge is -1.49. The first-order valence-corrected chi connectivity index (χ1v) is 1.49. The van der Waals surface area contributed by atoms with E-state index in [0.717, 1.165) is 0 Å². The second-order valence-corrected chi connectivity index (χ2v) is 0.667. The van der Waals surface area contributed by atoms with E-state index in [1.54, 1.807) is 0 Å². The molecule has 0 aliphatic carbocycles. The Bertz CT molecular complexity index is 18.8. The molecule has 0 heterocycles. The van der Waals surface area contributed by atoms with Crippen molar-refractivity contribution < 1.29 is 0 Å². The molecule has 0 N–H and O–H groups in total. The highest BCUT2D eigenvalue weighted by Gasteiger charge is 1.34. The van der Waals surface area contributed by atoms with E-state index in [-0.39, 0.29) is 11.0 Å². The third-order valence-corrected chi connectivity index (χ3v) is 0.333. The van der Waals surface area contributed by atoms with Gasteiger partial charge in [-0.3, -0.25) is 0 Å². The van der Waals surface area contributed by atoms with Crippen LogP contribution in [0.15, 0.2) is 12.2 Å². The van der Waals surface area contributed by atoms with Crippen LogP contribution < -0.4 is 0 Å². The van der Waals surface area contributed by atoms with Crippen LogP contribution in [0.2, 0.25) is 0 Å². The van der Waals surface area contributed by atoms with Crippen molar-refractivity contribution in [3.05, 3.63) is 12.2 Å². The quantitative estimate of drug-likeness (QED) is 0.305. The van der Waals surface area contributed by atoms with E-state index in [4.69, 9.17) is 0 Å². The van der Waals surface area contributed by atoms with Gasteiger partial charge in [0.25, 0.3) is 0 Å². The van der Waals surface area contributed by atoms with Crippen molar-refractivity contribution >= 4 is 11.0 Å². The van der Waals surface area contributed by atoms with Crippen molar-refractivity contribution in [1.82, 2.24) is 0 Å². The summed E-state index contributed by atoms with van der Waals surface area (Å²) in [5.74, 6) is 0. The molecule has 0 bridgehead atoms. The number of rotatable bonds is 0. The van der Waals surface area contributed by atoms with Crippen molar-refractivity contribution in [2.75, 3.05) is 0 Å². The van der Waals surface area contributed by atoms with Crippen LogP contribution in [-0.4, -0.2) is 11.0 Å². The van der Waals surface area contributed by atoms with Gasteiger partial charge in [0.05, 0.1) is 0 Å². The molecule has 0 amide bonds. The molecule has 0 saturated heterocycles. The SMILES string of the molecule is CC=CC.[Si]. The molecule has 0 unspecified atom stereocenters. The minimum atomic E-state index is 0. The van der Waals surface area contributed by atoms with Crippen LogP contribution >= 0.6 is 0 Å². The number of hydrogen-bond donors (Lipinski definition) is 0. The van der Waals surface area contributed by atoms with E-state index in [1.165, 1.54) is 0 Å². The minimum Gasteiger partial charge on any atom is -0.0919 e. The molecule has 0 aromatic heterocycles. The number of allylic oxidation sites excluding steroid dienone is 2. The summed E-state index contributed by atoms with van der Waals surface area (Å²) in [7, 11) is 0. The van der Waals surface area contributed by atoms with Crippen molar-refractivity contribution in [2.24, 2.45) is 0 Å².